The predicted octanol–water partition coefficient (Wildman–Crippen LogP) is 7.32. The van der Waals surface area contributed by atoms with Crippen LogP contribution in [0.5, 0.6) is 5.75 Å². The molecular formula is C37H30N2O6S. The molecule has 0 fully saturated rings. The second-order valence-electron chi connectivity index (χ2n) is 10.7. The van der Waals surface area contributed by atoms with Gasteiger partial charge in [-0.2, -0.15) is 0 Å². The number of carboxylic acids is 1. The van der Waals surface area contributed by atoms with Crippen LogP contribution in [-0.2, 0) is 16.4 Å². The minimum atomic E-state index is -4.02. The van der Waals surface area contributed by atoms with Crippen LogP contribution < -0.4 is 9.46 Å². The molecule has 3 N–H and O–H groups in total. The molecule has 230 valence electrons. The number of aryl methyl sites for hydroxylation is 1. The quantitative estimate of drug-likeness (QED) is 0.102. The fourth-order valence-electron chi connectivity index (χ4n) is 5.44. The van der Waals surface area contributed by atoms with Crippen LogP contribution in [0.1, 0.15) is 44.0 Å². The van der Waals surface area contributed by atoms with Crippen molar-refractivity contribution in [3.05, 3.63) is 143 Å². The third kappa shape index (κ3) is 6.55. The van der Waals surface area contributed by atoms with Crippen LogP contribution in [-0.4, -0.2) is 37.0 Å². The monoisotopic (exact) mass is 630 g/mol. The zero-order valence-electron chi connectivity index (χ0n) is 24.6. The molecule has 0 saturated heterocycles. The molecule has 5 aromatic carbocycles. The van der Waals surface area contributed by atoms with E-state index >= 15 is 0 Å². The second kappa shape index (κ2) is 13.1. The summed E-state index contributed by atoms with van der Waals surface area (Å²) in [5.41, 5.74) is 3.14. The van der Waals surface area contributed by atoms with Gasteiger partial charge < -0.3 is 14.8 Å². The van der Waals surface area contributed by atoms with Crippen molar-refractivity contribution < 1.29 is 27.9 Å². The SMILES string of the molecule is O=C(NS(=O)(=O)c1ccccc1)c1cccc(C=Cc2cccc3c(CCCOc4cccc5ccccc45)c(C(=O)O)[nH]c23)c1. The third-order valence-corrected chi connectivity index (χ3v) is 9.00. The number of carbonyl (C=O) groups excluding carboxylic acids is 1. The van der Waals surface area contributed by atoms with E-state index in [2.05, 4.69) is 9.71 Å². The summed E-state index contributed by atoms with van der Waals surface area (Å²) < 4.78 is 33.4. The molecule has 0 unspecified atom stereocenters. The molecule has 0 radical (unpaired) electrons. The highest BCUT2D eigenvalue weighted by Crippen LogP contribution is 2.29. The lowest BCUT2D eigenvalue weighted by molar-refractivity contribution is 0.0690. The fraction of sp³-hybridized carbons (Fsp3) is 0.0811. The molecule has 1 aromatic heterocycles. The maximum absolute atomic E-state index is 12.8. The van der Waals surface area contributed by atoms with Crippen molar-refractivity contribution >= 4 is 55.7 Å². The van der Waals surface area contributed by atoms with Crippen LogP contribution in [0.4, 0.5) is 0 Å². The van der Waals surface area contributed by atoms with Gasteiger partial charge in [-0.15, -0.1) is 0 Å². The Hall–Kier alpha value is -5.67. The van der Waals surface area contributed by atoms with Crippen molar-refractivity contribution in [3.8, 4) is 5.75 Å². The molecule has 1 amide bonds. The first-order valence-electron chi connectivity index (χ1n) is 14.7. The molecule has 6 aromatic rings. The van der Waals surface area contributed by atoms with Crippen molar-refractivity contribution in [2.75, 3.05) is 6.61 Å². The molecule has 1 heterocycles. The minimum Gasteiger partial charge on any atom is -0.493 e. The molecule has 8 nitrogen and oxygen atoms in total. The summed E-state index contributed by atoms with van der Waals surface area (Å²) in [7, 11) is -4.02. The number of rotatable bonds is 11. The number of hydrogen-bond donors (Lipinski definition) is 3. The van der Waals surface area contributed by atoms with Crippen LogP contribution in [0.3, 0.4) is 0 Å². The van der Waals surface area contributed by atoms with Crippen LogP contribution >= 0.6 is 0 Å². The average molecular weight is 631 g/mol. The molecule has 0 aliphatic rings. The van der Waals surface area contributed by atoms with Crippen LogP contribution in [0, 0.1) is 0 Å². The number of para-hydroxylation sites is 1. The van der Waals surface area contributed by atoms with Crippen LogP contribution in [0.15, 0.2) is 120 Å². The summed E-state index contributed by atoms with van der Waals surface area (Å²) in [6.45, 7) is 0.426. The molecule has 46 heavy (non-hydrogen) atoms. The summed E-state index contributed by atoms with van der Waals surface area (Å²) in [6, 6.07) is 33.8. The molecule has 0 atom stereocenters. The predicted molar refractivity (Wildman–Crippen MR) is 179 cm³/mol. The van der Waals surface area contributed by atoms with Gasteiger partial charge >= 0.3 is 5.97 Å². The van der Waals surface area contributed by atoms with Gasteiger partial charge in [0.2, 0.25) is 0 Å². The van der Waals surface area contributed by atoms with Crippen LogP contribution in [0.2, 0.25) is 0 Å². The van der Waals surface area contributed by atoms with Gasteiger partial charge in [-0.25, -0.2) is 17.9 Å². The molecule has 0 saturated carbocycles. The highest BCUT2D eigenvalue weighted by molar-refractivity contribution is 7.90. The summed E-state index contributed by atoms with van der Waals surface area (Å²) in [4.78, 5) is 28.1. The molecule has 6 rings (SSSR count). The number of carbonyl (C=O) groups is 2. The minimum absolute atomic E-state index is 0.00381. The Morgan fingerprint density at radius 2 is 1.52 bits per heavy atom. The topological polar surface area (TPSA) is 126 Å². The largest absolute Gasteiger partial charge is 0.493 e. The zero-order valence-corrected chi connectivity index (χ0v) is 25.5. The van der Waals surface area contributed by atoms with Crippen molar-refractivity contribution in [3.63, 3.8) is 0 Å². The number of aromatic amines is 1. The number of hydrogen-bond acceptors (Lipinski definition) is 5. The van der Waals surface area contributed by atoms with Gasteiger partial charge in [0.25, 0.3) is 15.9 Å². The Bertz CT molecular complexity index is 2200. The molecule has 0 aliphatic carbocycles. The van der Waals surface area contributed by atoms with Gasteiger partial charge in [0.05, 0.1) is 17.0 Å². The van der Waals surface area contributed by atoms with E-state index in [-0.39, 0.29) is 16.2 Å². The maximum atomic E-state index is 12.8. The van der Waals surface area contributed by atoms with Crippen molar-refractivity contribution in [1.29, 1.82) is 0 Å². The Labute approximate surface area is 266 Å². The highest BCUT2D eigenvalue weighted by Gasteiger charge is 2.19. The Balaban J connectivity index is 1.18. The van der Waals surface area contributed by atoms with Crippen molar-refractivity contribution in [1.82, 2.24) is 9.71 Å². The summed E-state index contributed by atoms with van der Waals surface area (Å²) in [5.74, 6) is -0.992. The van der Waals surface area contributed by atoms with E-state index in [1.165, 1.54) is 18.2 Å². The standard InChI is InChI=1S/C37H30N2O6S/c40-36(39-46(43,44)29-15-2-1-3-16-29)28-14-6-10-25(24-28)21-22-27-13-7-18-31-32(35(37(41)42)38-34(27)31)19-9-23-45-33-20-8-12-26-11-4-5-17-30(26)33/h1-8,10-18,20-22,24,38H,9,19,23H2,(H,39,40)(H,41,42). The fourth-order valence-corrected chi connectivity index (χ4v) is 6.43. The molecule has 0 aliphatic heterocycles. The number of aromatic carboxylic acids is 1. The van der Waals surface area contributed by atoms with Gasteiger partial charge in [-0.1, -0.05) is 97.1 Å². The van der Waals surface area contributed by atoms with Gasteiger partial charge in [0.15, 0.2) is 0 Å². The first-order chi connectivity index (χ1) is 22.3. The summed E-state index contributed by atoms with van der Waals surface area (Å²) >= 11 is 0. The Kier molecular flexibility index (Phi) is 8.67. The van der Waals surface area contributed by atoms with Gasteiger partial charge in [0.1, 0.15) is 11.4 Å². The van der Waals surface area contributed by atoms with E-state index in [1.807, 2.05) is 66.7 Å². The number of nitrogens with one attached hydrogen (secondary N) is 2. The number of benzene rings is 5. The molecule has 0 spiro atoms. The van der Waals surface area contributed by atoms with E-state index in [9.17, 15) is 23.1 Å². The van der Waals surface area contributed by atoms with E-state index in [4.69, 9.17) is 4.74 Å². The van der Waals surface area contributed by atoms with Gasteiger partial charge in [-0.3, -0.25) is 4.79 Å². The summed E-state index contributed by atoms with van der Waals surface area (Å²) in [6.07, 6.45) is 4.74. The number of ether oxygens (including phenoxy) is 1. The van der Waals surface area contributed by atoms with E-state index in [0.29, 0.717) is 36.1 Å². The summed E-state index contributed by atoms with van der Waals surface area (Å²) in [5, 5.41) is 12.9. The maximum Gasteiger partial charge on any atom is 0.352 e. The Morgan fingerprint density at radius 1 is 0.804 bits per heavy atom. The number of H-pyrrole nitrogens is 1. The number of amides is 1. The van der Waals surface area contributed by atoms with Crippen molar-refractivity contribution in [2.45, 2.75) is 17.7 Å². The molecule has 0 bridgehead atoms. The molecule has 9 heteroatoms. The first kappa shape index (κ1) is 30.4. The van der Waals surface area contributed by atoms with Crippen LogP contribution in [0.25, 0.3) is 33.8 Å². The lowest BCUT2D eigenvalue weighted by Crippen LogP contribution is -2.30. The smallest absolute Gasteiger partial charge is 0.352 e. The highest BCUT2D eigenvalue weighted by atomic mass is 32.2. The van der Waals surface area contributed by atoms with Gasteiger partial charge in [-0.05, 0) is 65.3 Å². The van der Waals surface area contributed by atoms with Crippen molar-refractivity contribution in [2.24, 2.45) is 0 Å². The second-order valence-corrected chi connectivity index (χ2v) is 12.4. The number of carboxylic acid groups (broad SMARTS) is 1. The van der Waals surface area contributed by atoms with E-state index in [0.717, 1.165) is 27.5 Å². The number of sulfonamides is 1. The Morgan fingerprint density at radius 3 is 2.35 bits per heavy atom. The van der Waals surface area contributed by atoms with Gasteiger partial charge in [0, 0.05) is 16.3 Å². The normalized spacial score (nSPS) is 11.7. The average Bonchev–Trinajstić information content (AvgIpc) is 3.45. The molecular weight excluding hydrogens is 600 g/mol. The third-order valence-electron chi connectivity index (χ3n) is 7.65. The number of fused-ring (bicyclic) bond motifs is 2. The number of aromatic nitrogens is 1. The lowest BCUT2D eigenvalue weighted by atomic mass is 10.0. The lowest BCUT2D eigenvalue weighted by Gasteiger charge is -2.09. The van der Waals surface area contributed by atoms with E-state index in [1.54, 1.807) is 42.5 Å². The first-order valence-corrected chi connectivity index (χ1v) is 16.2. The van der Waals surface area contributed by atoms with E-state index < -0.39 is 21.9 Å². The zero-order chi connectivity index (χ0) is 32.1.